The molecule has 0 aromatic carbocycles. The molecule has 0 radical (unpaired) electrons. The minimum absolute atomic E-state index is 0.103. The van der Waals surface area contributed by atoms with Crippen molar-refractivity contribution in [2.75, 3.05) is 11.1 Å². The lowest BCUT2D eigenvalue weighted by Crippen LogP contribution is -2.29. The Morgan fingerprint density at radius 2 is 2.29 bits per heavy atom. The number of amidine groups is 1. The molecule has 0 bridgehead atoms. The van der Waals surface area contributed by atoms with E-state index in [1.165, 1.54) is 0 Å². The standard InChI is InChI=1S/C13H19N3S/c1-4-13(3)7-8-17-12(16-13)15-11-6-5-10(2)14-9-11/h5-6,9H,4,7-8H2,1-3H3,(H,15,16). The summed E-state index contributed by atoms with van der Waals surface area (Å²) in [5, 5.41) is 4.37. The van der Waals surface area contributed by atoms with E-state index in [1.54, 1.807) is 11.8 Å². The van der Waals surface area contributed by atoms with Gasteiger partial charge in [0.05, 0.1) is 17.4 Å². The molecule has 1 unspecified atom stereocenters. The summed E-state index contributed by atoms with van der Waals surface area (Å²) in [7, 11) is 0. The molecule has 3 nitrogen and oxygen atoms in total. The number of anilines is 1. The monoisotopic (exact) mass is 249 g/mol. The quantitative estimate of drug-likeness (QED) is 0.872. The molecule has 1 aromatic heterocycles. The van der Waals surface area contributed by atoms with E-state index in [-0.39, 0.29) is 5.54 Å². The first kappa shape index (κ1) is 12.4. The van der Waals surface area contributed by atoms with Gasteiger partial charge in [0.1, 0.15) is 0 Å². The molecule has 4 heteroatoms. The number of nitrogens with one attached hydrogen (secondary N) is 1. The Bertz CT molecular complexity index is 413. The van der Waals surface area contributed by atoms with Crippen LogP contribution in [0.4, 0.5) is 5.69 Å². The molecule has 0 saturated carbocycles. The van der Waals surface area contributed by atoms with Crippen molar-refractivity contribution in [2.45, 2.75) is 39.2 Å². The van der Waals surface area contributed by atoms with Crippen molar-refractivity contribution in [3.63, 3.8) is 0 Å². The zero-order chi connectivity index (χ0) is 12.3. The number of aliphatic imine (C=N–C) groups is 1. The molecule has 2 heterocycles. The molecule has 1 aromatic rings. The van der Waals surface area contributed by atoms with E-state index in [2.05, 4.69) is 24.1 Å². The Morgan fingerprint density at radius 1 is 1.47 bits per heavy atom. The minimum Gasteiger partial charge on any atom is -0.334 e. The van der Waals surface area contributed by atoms with Gasteiger partial charge in [0.15, 0.2) is 5.17 Å². The van der Waals surface area contributed by atoms with Crippen LogP contribution in [0, 0.1) is 6.92 Å². The number of hydrogen-bond acceptors (Lipinski definition) is 4. The lowest BCUT2D eigenvalue weighted by atomic mass is 9.97. The molecular formula is C13H19N3S. The summed E-state index contributed by atoms with van der Waals surface area (Å²) >= 11 is 1.79. The molecule has 0 saturated heterocycles. The SMILES string of the molecule is CCC1(C)CCSC(Nc2ccc(C)nc2)=N1. The second-order valence-electron chi connectivity index (χ2n) is 4.68. The van der Waals surface area contributed by atoms with Crippen LogP contribution in [0.25, 0.3) is 0 Å². The Morgan fingerprint density at radius 3 is 2.94 bits per heavy atom. The van der Waals surface area contributed by atoms with E-state index in [0.717, 1.165) is 35.1 Å². The van der Waals surface area contributed by atoms with E-state index in [9.17, 15) is 0 Å². The lowest BCUT2D eigenvalue weighted by Gasteiger charge is -2.29. The summed E-state index contributed by atoms with van der Waals surface area (Å²) in [6.07, 6.45) is 4.10. The van der Waals surface area contributed by atoms with Gasteiger partial charge in [0.2, 0.25) is 0 Å². The molecule has 1 atom stereocenters. The third-order valence-electron chi connectivity index (χ3n) is 3.18. The summed E-state index contributed by atoms with van der Waals surface area (Å²) in [5.41, 5.74) is 2.15. The van der Waals surface area contributed by atoms with Gasteiger partial charge in [0.25, 0.3) is 0 Å². The van der Waals surface area contributed by atoms with Crippen molar-refractivity contribution in [1.29, 1.82) is 0 Å². The van der Waals surface area contributed by atoms with Crippen LogP contribution >= 0.6 is 11.8 Å². The van der Waals surface area contributed by atoms with E-state index in [0.29, 0.717) is 0 Å². The highest BCUT2D eigenvalue weighted by Gasteiger charge is 2.25. The van der Waals surface area contributed by atoms with Gasteiger partial charge in [-0.2, -0.15) is 0 Å². The summed E-state index contributed by atoms with van der Waals surface area (Å²) < 4.78 is 0. The van der Waals surface area contributed by atoms with Gasteiger partial charge in [-0.25, -0.2) is 0 Å². The normalized spacial score (nSPS) is 24.3. The van der Waals surface area contributed by atoms with Crippen molar-refractivity contribution >= 4 is 22.6 Å². The van der Waals surface area contributed by atoms with Crippen LogP contribution in [0.1, 0.15) is 32.4 Å². The predicted molar refractivity (Wildman–Crippen MR) is 75.8 cm³/mol. The molecular weight excluding hydrogens is 230 g/mol. The predicted octanol–water partition coefficient (Wildman–Crippen LogP) is 3.46. The Labute approximate surface area is 107 Å². The van der Waals surface area contributed by atoms with Gasteiger partial charge in [-0.1, -0.05) is 18.7 Å². The second kappa shape index (κ2) is 5.08. The van der Waals surface area contributed by atoms with Crippen LogP contribution in [-0.4, -0.2) is 21.4 Å². The maximum atomic E-state index is 4.79. The number of hydrogen-bond donors (Lipinski definition) is 1. The fourth-order valence-electron chi connectivity index (χ4n) is 1.69. The van der Waals surface area contributed by atoms with Gasteiger partial charge >= 0.3 is 0 Å². The first-order valence-electron chi connectivity index (χ1n) is 6.04. The fourth-order valence-corrected chi connectivity index (χ4v) is 2.90. The highest BCUT2D eigenvalue weighted by Crippen LogP contribution is 2.29. The molecule has 17 heavy (non-hydrogen) atoms. The van der Waals surface area contributed by atoms with E-state index >= 15 is 0 Å². The highest BCUT2D eigenvalue weighted by atomic mass is 32.2. The summed E-state index contributed by atoms with van der Waals surface area (Å²) in [6.45, 7) is 6.41. The van der Waals surface area contributed by atoms with Gasteiger partial charge in [-0.05, 0) is 38.8 Å². The van der Waals surface area contributed by atoms with Crippen LogP contribution < -0.4 is 5.32 Å². The van der Waals surface area contributed by atoms with Gasteiger partial charge in [0, 0.05) is 11.4 Å². The van der Waals surface area contributed by atoms with Gasteiger partial charge in [-0.3, -0.25) is 9.98 Å². The average Bonchev–Trinajstić information content (AvgIpc) is 2.32. The average molecular weight is 249 g/mol. The lowest BCUT2D eigenvalue weighted by molar-refractivity contribution is 0.443. The zero-order valence-electron chi connectivity index (χ0n) is 10.7. The van der Waals surface area contributed by atoms with Crippen LogP contribution in [0.15, 0.2) is 23.3 Å². The highest BCUT2D eigenvalue weighted by molar-refractivity contribution is 8.14. The largest absolute Gasteiger partial charge is 0.334 e. The number of thioether (sulfide) groups is 1. The summed E-state index contributed by atoms with van der Waals surface area (Å²) in [5.74, 6) is 1.13. The molecule has 92 valence electrons. The summed E-state index contributed by atoms with van der Waals surface area (Å²) in [4.78, 5) is 9.07. The van der Waals surface area contributed by atoms with E-state index in [4.69, 9.17) is 4.99 Å². The van der Waals surface area contributed by atoms with Crippen LogP contribution in [0.2, 0.25) is 0 Å². The Kier molecular flexibility index (Phi) is 3.72. The van der Waals surface area contributed by atoms with Crippen LogP contribution in [-0.2, 0) is 0 Å². The van der Waals surface area contributed by atoms with Crippen LogP contribution in [0.5, 0.6) is 0 Å². The Hall–Kier alpha value is -1.03. The molecule has 0 spiro atoms. The first-order chi connectivity index (χ1) is 8.11. The number of nitrogens with zero attached hydrogens (tertiary/aromatic N) is 2. The number of rotatable bonds is 2. The third-order valence-corrected chi connectivity index (χ3v) is 4.05. The minimum atomic E-state index is 0.103. The third kappa shape index (κ3) is 3.22. The molecule has 1 N–H and O–H groups in total. The van der Waals surface area contributed by atoms with Gasteiger partial charge < -0.3 is 5.32 Å². The van der Waals surface area contributed by atoms with Crippen molar-refractivity contribution < 1.29 is 0 Å². The molecule has 0 amide bonds. The first-order valence-corrected chi connectivity index (χ1v) is 7.02. The number of pyridine rings is 1. The topological polar surface area (TPSA) is 37.3 Å². The second-order valence-corrected chi connectivity index (χ2v) is 5.76. The zero-order valence-corrected chi connectivity index (χ0v) is 11.5. The van der Waals surface area contributed by atoms with Crippen molar-refractivity contribution in [3.8, 4) is 0 Å². The fraction of sp³-hybridized carbons (Fsp3) is 0.538. The maximum Gasteiger partial charge on any atom is 0.161 e. The molecule has 0 aliphatic carbocycles. The van der Waals surface area contributed by atoms with E-state index in [1.807, 2.05) is 25.3 Å². The van der Waals surface area contributed by atoms with Crippen molar-refractivity contribution in [2.24, 2.45) is 4.99 Å². The number of aryl methyl sites for hydroxylation is 1. The van der Waals surface area contributed by atoms with Crippen molar-refractivity contribution in [3.05, 3.63) is 24.0 Å². The van der Waals surface area contributed by atoms with Crippen LogP contribution in [0.3, 0.4) is 0 Å². The summed E-state index contributed by atoms with van der Waals surface area (Å²) in [6, 6.07) is 4.05. The Balaban J connectivity index is 2.10. The van der Waals surface area contributed by atoms with Gasteiger partial charge in [-0.15, -0.1) is 0 Å². The number of aromatic nitrogens is 1. The van der Waals surface area contributed by atoms with Crippen molar-refractivity contribution in [1.82, 2.24) is 4.98 Å². The van der Waals surface area contributed by atoms with E-state index < -0.39 is 0 Å². The molecule has 0 fully saturated rings. The molecule has 1 aliphatic rings. The molecule has 2 rings (SSSR count). The smallest absolute Gasteiger partial charge is 0.161 e. The maximum absolute atomic E-state index is 4.79. The molecule has 1 aliphatic heterocycles.